The average molecular weight is 238 g/mol. The highest BCUT2D eigenvalue weighted by atomic mass is 79.9. The molecule has 0 aromatic heterocycles. The molecule has 68 valence electrons. The Morgan fingerprint density at radius 2 is 2.15 bits per heavy atom. The van der Waals surface area contributed by atoms with Crippen LogP contribution in [0.2, 0.25) is 0 Å². The minimum Gasteiger partial charge on any atom is -0.306 e. The molecule has 1 heterocycles. The van der Waals surface area contributed by atoms with Gasteiger partial charge in [-0.1, -0.05) is 22.0 Å². The van der Waals surface area contributed by atoms with Crippen LogP contribution in [0.25, 0.3) is 0 Å². The van der Waals surface area contributed by atoms with Gasteiger partial charge in [-0.3, -0.25) is 0 Å². The zero-order valence-electron chi connectivity index (χ0n) is 7.39. The first-order chi connectivity index (χ1) is 6.34. The van der Waals surface area contributed by atoms with Crippen molar-refractivity contribution in [3.63, 3.8) is 0 Å². The third kappa shape index (κ3) is 1.32. The molecule has 1 saturated carbocycles. The maximum atomic E-state index is 3.59. The Balaban J connectivity index is 2.03. The average Bonchev–Trinajstić information content (AvgIpc) is 2.87. The smallest absolute Gasteiger partial charge is 0.0355 e. The van der Waals surface area contributed by atoms with Crippen LogP contribution < -0.4 is 5.32 Å². The van der Waals surface area contributed by atoms with E-state index in [0.717, 1.165) is 12.5 Å². The van der Waals surface area contributed by atoms with Gasteiger partial charge in [0, 0.05) is 17.1 Å². The lowest BCUT2D eigenvalue weighted by Crippen LogP contribution is -2.13. The fourth-order valence-electron chi connectivity index (χ4n) is 2.20. The fourth-order valence-corrected chi connectivity index (χ4v) is 2.58. The van der Waals surface area contributed by atoms with E-state index in [0.29, 0.717) is 6.04 Å². The Kier molecular flexibility index (Phi) is 1.74. The van der Waals surface area contributed by atoms with E-state index in [1.165, 1.54) is 28.4 Å². The number of hydrogen-bond acceptors (Lipinski definition) is 1. The molecular weight excluding hydrogens is 226 g/mol. The Labute approximate surface area is 86.7 Å². The molecule has 1 nitrogen and oxygen atoms in total. The summed E-state index contributed by atoms with van der Waals surface area (Å²) in [5.41, 5.74) is 3.01. The van der Waals surface area contributed by atoms with Crippen molar-refractivity contribution in [2.24, 2.45) is 5.92 Å². The second-order valence-corrected chi connectivity index (χ2v) is 4.95. The molecule has 13 heavy (non-hydrogen) atoms. The normalized spacial score (nSPS) is 26.1. The number of benzene rings is 1. The lowest BCUT2D eigenvalue weighted by molar-refractivity contribution is 0.523. The quantitative estimate of drug-likeness (QED) is 0.793. The molecule has 3 rings (SSSR count). The van der Waals surface area contributed by atoms with E-state index in [1.807, 2.05) is 0 Å². The standard InChI is InChI=1S/C11H12BrN/c12-9-4-3-8-6-13-11(7-1-2-7)10(8)5-9/h3-5,7,11,13H,1-2,6H2. The van der Waals surface area contributed by atoms with Crippen molar-refractivity contribution in [2.45, 2.75) is 25.4 Å². The molecule has 2 aliphatic rings. The van der Waals surface area contributed by atoms with Gasteiger partial charge in [0.2, 0.25) is 0 Å². The summed E-state index contributed by atoms with van der Waals surface area (Å²) in [6.07, 6.45) is 2.81. The molecule has 1 aliphatic heterocycles. The molecule has 1 aromatic carbocycles. The highest BCUT2D eigenvalue weighted by Crippen LogP contribution is 2.44. The number of halogens is 1. The van der Waals surface area contributed by atoms with Crippen LogP contribution in [0.5, 0.6) is 0 Å². The van der Waals surface area contributed by atoms with Crippen LogP contribution in [0.1, 0.15) is 30.0 Å². The van der Waals surface area contributed by atoms with Crippen LogP contribution in [0.4, 0.5) is 0 Å². The molecule has 1 unspecified atom stereocenters. The van der Waals surface area contributed by atoms with Gasteiger partial charge in [-0.2, -0.15) is 0 Å². The zero-order chi connectivity index (χ0) is 8.84. The number of hydrogen-bond donors (Lipinski definition) is 1. The van der Waals surface area contributed by atoms with E-state index >= 15 is 0 Å². The first kappa shape index (κ1) is 8.01. The van der Waals surface area contributed by atoms with Crippen molar-refractivity contribution in [3.05, 3.63) is 33.8 Å². The minimum atomic E-state index is 0.646. The number of nitrogens with one attached hydrogen (secondary N) is 1. The van der Waals surface area contributed by atoms with Gasteiger partial charge in [0.1, 0.15) is 0 Å². The van der Waals surface area contributed by atoms with E-state index in [9.17, 15) is 0 Å². The van der Waals surface area contributed by atoms with Crippen molar-refractivity contribution < 1.29 is 0 Å². The first-order valence-corrected chi connectivity index (χ1v) is 5.65. The molecule has 1 aromatic rings. The van der Waals surface area contributed by atoms with Crippen LogP contribution in [0.15, 0.2) is 22.7 Å². The van der Waals surface area contributed by atoms with Crippen LogP contribution in [0, 0.1) is 5.92 Å². The van der Waals surface area contributed by atoms with E-state index in [1.54, 1.807) is 0 Å². The summed E-state index contributed by atoms with van der Waals surface area (Å²) in [6, 6.07) is 7.29. The van der Waals surface area contributed by atoms with E-state index in [2.05, 4.69) is 39.4 Å². The molecule has 0 saturated heterocycles. The van der Waals surface area contributed by atoms with Gasteiger partial charge in [-0.25, -0.2) is 0 Å². The molecule has 0 amide bonds. The van der Waals surface area contributed by atoms with Crippen molar-refractivity contribution in [2.75, 3.05) is 0 Å². The summed E-state index contributed by atoms with van der Waals surface area (Å²) in [6.45, 7) is 1.06. The molecule has 0 radical (unpaired) electrons. The molecule has 2 heteroatoms. The summed E-state index contributed by atoms with van der Waals surface area (Å²) in [4.78, 5) is 0. The topological polar surface area (TPSA) is 12.0 Å². The van der Waals surface area contributed by atoms with Crippen molar-refractivity contribution in [3.8, 4) is 0 Å². The molecule has 0 spiro atoms. The maximum absolute atomic E-state index is 3.59. The molecule has 1 aliphatic carbocycles. The Bertz CT molecular complexity index is 344. The Morgan fingerprint density at radius 1 is 1.31 bits per heavy atom. The lowest BCUT2D eigenvalue weighted by atomic mass is 10.0. The largest absolute Gasteiger partial charge is 0.306 e. The second kappa shape index (κ2) is 2.82. The van der Waals surface area contributed by atoms with E-state index in [4.69, 9.17) is 0 Å². The summed E-state index contributed by atoms with van der Waals surface area (Å²) in [5, 5.41) is 3.59. The lowest BCUT2D eigenvalue weighted by Gasteiger charge is -2.10. The highest BCUT2D eigenvalue weighted by molar-refractivity contribution is 9.10. The molecular formula is C11H12BrN. The molecule has 1 fully saturated rings. The Morgan fingerprint density at radius 3 is 2.92 bits per heavy atom. The molecule has 1 N–H and O–H groups in total. The van der Waals surface area contributed by atoms with Crippen LogP contribution in [-0.4, -0.2) is 0 Å². The maximum Gasteiger partial charge on any atom is 0.0355 e. The summed E-state index contributed by atoms with van der Waals surface area (Å²) < 4.78 is 1.21. The van der Waals surface area contributed by atoms with Gasteiger partial charge in [0.15, 0.2) is 0 Å². The monoisotopic (exact) mass is 237 g/mol. The van der Waals surface area contributed by atoms with Gasteiger partial charge in [-0.05, 0) is 42.0 Å². The van der Waals surface area contributed by atoms with Crippen LogP contribution in [-0.2, 0) is 6.54 Å². The molecule has 0 bridgehead atoms. The minimum absolute atomic E-state index is 0.646. The number of fused-ring (bicyclic) bond motifs is 1. The van der Waals surface area contributed by atoms with Gasteiger partial charge < -0.3 is 5.32 Å². The predicted molar refractivity (Wildman–Crippen MR) is 56.4 cm³/mol. The highest BCUT2D eigenvalue weighted by Gasteiger charge is 2.35. The van der Waals surface area contributed by atoms with Gasteiger partial charge in [-0.15, -0.1) is 0 Å². The summed E-state index contributed by atoms with van der Waals surface area (Å²) in [5.74, 6) is 0.913. The van der Waals surface area contributed by atoms with Crippen molar-refractivity contribution >= 4 is 15.9 Å². The SMILES string of the molecule is Brc1ccc2c(c1)C(C1CC1)NC2. The molecule has 1 atom stereocenters. The van der Waals surface area contributed by atoms with Gasteiger partial charge in [0.25, 0.3) is 0 Å². The zero-order valence-corrected chi connectivity index (χ0v) is 8.97. The van der Waals surface area contributed by atoms with Crippen molar-refractivity contribution in [1.29, 1.82) is 0 Å². The van der Waals surface area contributed by atoms with Crippen molar-refractivity contribution in [1.82, 2.24) is 5.32 Å². The van der Waals surface area contributed by atoms with E-state index in [-0.39, 0.29) is 0 Å². The van der Waals surface area contributed by atoms with Gasteiger partial charge in [0.05, 0.1) is 0 Å². The number of rotatable bonds is 1. The van der Waals surface area contributed by atoms with Crippen LogP contribution >= 0.6 is 15.9 Å². The van der Waals surface area contributed by atoms with Gasteiger partial charge >= 0.3 is 0 Å². The third-order valence-corrected chi connectivity index (χ3v) is 3.54. The second-order valence-electron chi connectivity index (χ2n) is 4.04. The van der Waals surface area contributed by atoms with E-state index < -0.39 is 0 Å². The van der Waals surface area contributed by atoms with Crippen LogP contribution in [0.3, 0.4) is 0 Å². The first-order valence-electron chi connectivity index (χ1n) is 4.86. The Hall–Kier alpha value is -0.340. The fraction of sp³-hybridized carbons (Fsp3) is 0.455. The third-order valence-electron chi connectivity index (χ3n) is 3.05. The predicted octanol–water partition coefficient (Wildman–Crippen LogP) is 3.00. The summed E-state index contributed by atoms with van der Waals surface area (Å²) in [7, 11) is 0. The summed E-state index contributed by atoms with van der Waals surface area (Å²) >= 11 is 3.53.